The number of halogens is 1. The molecule has 1 aliphatic rings. The molecule has 5 nitrogen and oxygen atoms in total. The third-order valence-electron chi connectivity index (χ3n) is 4.04. The molecule has 1 saturated heterocycles. The predicted octanol–water partition coefficient (Wildman–Crippen LogP) is 2.39. The fraction of sp³-hybridized carbons (Fsp3) is 0.294. The van der Waals surface area contributed by atoms with E-state index in [-0.39, 0.29) is 17.6 Å². The van der Waals surface area contributed by atoms with Crippen LogP contribution in [0.2, 0.25) is 0 Å². The van der Waals surface area contributed by atoms with Gasteiger partial charge in [0.25, 0.3) is 5.91 Å². The predicted molar refractivity (Wildman–Crippen MR) is 84.8 cm³/mol. The largest absolute Gasteiger partial charge is 0.357 e. The molecule has 0 bridgehead atoms. The summed E-state index contributed by atoms with van der Waals surface area (Å²) in [6.45, 7) is 2.34. The highest BCUT2D eigenvalue weighted by Gasteiger charge is 2.31. The molecule has 120 valence electrons. The van der Waals surface area contributed by atoms with Gasteiger partial charge in [-0.1, -0.05) is 0 Å². The van der Waals surface area contributed by atoms with Crippen LogP contribution in [0.4, 0.5) is 10.1 Å². The highest BCUT2D eigenvalue weighted by atomic mass is 19.1. The summed E-state index contributed by atoms with van der Waals surface area (Å²) in [5.41, 5.74) is 1.82. The number of aryl methyl sites for hydroxylation is 1. The van der Waals surface area contributed by atoms with Crippen LogP contribution in [0, 0.1) is 12.7 Å². The third-order valence-corrected chi connectivity index (χ3v) is 4.04. The smallest absolute Gasteiger partial charge is 0.268 e. The molecule has 2 N–H and O–H groups in total. The number of amides is 2. The summed E-state index contributed by atoms with van der Waals surface area (Å²) in [5, 5.41) is 2.77. The number of nitrogens with zero attached hydrogens (tertiary/aromatic N) is 1. The lowest BCUT2D eigenvalue weighted by molar-refractivity contribution is -0.121. The molecule has 0 aliphatic carbocycles. The van der Waals surface area contributed by atoms with Crippen LogP contribution in [0.5, 0.6) is 0 Å². The Balaban J connectivity index is 1.77. The minimum atomic E-state index is -0.566. The Hall–Kier alpha value is -2.63. The van der Waals surface area contributed by atoms with E-state index in [1.165, 1.54) is 12.1 Å². The van der Waals surface area contributed by atoms with E-state index in [0.717, 1.165) is 6.42 Å². The van der Waals surface area contributed by atoms with Crippen molar-refractivity contribution in [1.29, 1.82) is 0 Å². The Morgan fingerprint density at radius 2 is 2.22 bits per heavy atom. The van der Waals surface area contributed by atoms with Crippen molar-refractivity contribution in [2.45, 2.75) is 25.8 Å². The number of aromatic amines is 1. The maximum atomic E-state index is 13.3. The minimum absolute atomic E-state index is 0.161. The van der Waals surface area contributed by atoms with Gasteiger partial charge in [0, 0.05) is 18.4 Å². The molecule has 6 heteroatoms. The zero-order valence-electron chi connectivity index (χ0n) is 12.8. The first-order valence-electron chi connectivity index (χ1n) is 7.58. The van der Waals surface area contributed by atoms with Gasteiger partial charge in [0.05, 0.1) is 0 Å². The van der Waals surface area contributed by atoms with E-state index < -0.39 is 6.04 Å². The Labute approximate surface area is 133 Å². The number of H-pyrrole nitrogens is 1. The van der Waals surface area contributed by atoms with Crippen LogP contribution in [0.1, 0.15) is 28.9 Å². The molecular weight excluding hydrogens is 297 g/mol. The van der Waals surface area contributed by atoms with Crippen molar-refractivity contribution in [3.05, 3.63) is 53.6 Å². The zero-order valence-corrected chi connectivity index (χ0v) is 12.8. The van der Waals surface area contributed by atoms with E-state index in [4.69, 9.17) is 0 Å². The molecule has 1 aromatic heterocycles. The summed E-state index contributed by atoms with van der Waals surface area (Å²) in [6, 6.07) is 7.18. The molecule has 0 radical (unpaired) electrons. The van der Waals surface area contributed by atoms with Crippen molar-refractivity contribution >= 4 is 17.5 Å². The number of anilines is 1. The Bertz CT molecular complexity index is 727. The van der Waals surface area contributed by atoms with E-state index in [1.54, 1.807) is 36.2 Å². The third kappa shape index (κ3) is 3.11. The second-order valence-electron chi connectivity index (χ2n) is 5.67. The van der Waals surface area contributed by atoms with Crippen molar-refractivity contribution < 1.29 is 14.0 Å². The summed E-state index contributed by atoms with van der Waals surface area (Å²) in [4.78, 5) is 29.2. The number of piperidine rings is 1. The van der Waals surface area contributed by atoms with Gasteiger partial charge in [-0.3, -0.25) is 9.59 Å². The van der Waals surface area contributed by atoms with E-state index in [9.17, 15) is 14.0 Å². The average Bonchev–Trinajstić information content (AvgIpc) is 3.04. The van der Waals surface area contributed by atoms with Crippen molar-refractivity contribution in [3.63, 3.8) is 0 Å². The first-order valence-corrected chi connectivity index (χ1v) is 7.58. The quantitative estimate of drug-likeness (QED) is 0.913. The SMILES string of the molecule is Cc1cc(F)ccc1N1CCC[C@@H](NC(=O)c2ccc[nH]2)C1=O. The van der Waals surface area contributed by atoms with E-state index in [2.05, 4.69) is 10.3 Å². The molecule has 2 aromatic rings. The minimum Gasteiger partial charge on any atom is -0.357 e. The summed E-state index contributed by atoms with van der Waals surface area (Å²) >= 11 is 0. The van der Waals surface area contributed by atoms with Crippen molar-refractivity contribution in [1.82, 2.24) is 10.3 Å². The topological polar surface area (TPSA) is 65.2 Å². The van der Waals surface area contributed by atoms with Crippen LogP contribution in [0.3, 0.4) is 0 Å². The molecule has 1 fully saturated rings. The van der Waals surface area contributed by atoms with Gasteiger partial charge in [0.15, 0.2) is 0 Å². The van der Waals surface area contributed by atoms with Crippen molar-refractivity contribution in [2.75, 3.05) is 11.4 Å². The van der Waals surface area contributed by atoms with E-state index in [0.29, 0.717) is 29.9 Å². The van der Waals surface area contributed by atoms with Gasteiger partial charge in [0.1, 0.15) is 17.6 Å². The summed E-state index contributed by atoms with van der Waals surface area (Å²) < 4.78 is 13.3. The number of carbonyl (C=O) groups excluding carboxylic acids is 2. The average molecular weight is 315 g/mol. The van der Waals surface area contributed by atoms with Crippen LogP contribution in [0.25, 0.3) is 0 Å². The highest BCUT2D eigenvalue weighted by Crippen LogP contribution is 2.25. The Morgan fingerprint density at radius 3 is 2.91 bits per heavy atom. The van der Waals surface area contributed by atoms with Gasteiger partial charge in [0.2, 0.25) is 5.91 Å². The van der Waals surface area contributed by atoms with Gasteiger partial charge < -0.3 is 15.2 Å². The lowest BCUT2D eigenvalue weighted by Gasteiger charge is -2.33. The van der Waals surface area contributed by atoms with Crippen LogP contribution in [0.15, 0.2) is 36.5 Å². The summed E-state index contributed by atoms with van der Waals surface area (Å²) in [5.74, 6) is -0.788. The Kier molecular flexibility index (Phi) is 4.14. The van der Waals surface area contributed by atoms with E-state index >= 15 is 0 Å². The van der Waals surface area contributed by atoms with Crippen molar-refractivity contribution in [3.8, 4) is 0 Å². The molecule has 0 spiro atoms. The molecule has 1 atom stereocenters. The van der Waals surface area contributed by atoms with Crippen LogP contribution < -0.4 is 10.2 Å². The van der Waals surface area contributed by atoms with E-state index in [1.807, 2.05) is 0 Å². The molecule has 1 aromatic carbocycles. The van der Waals surface area contributed by atoms with Crippen molar-refractivity contribution in [2.24, 2.45) is 0 Å². The highest BCUT2D eigenvalue weighted by molar-refractivity contribution is 6.02. The number of benzene rings is 1. The van der Waals surface area contributed by atoms with Crippen LogP contribution in [-0.2, 0) is 4.79 Å². The number of rotatable bonds is 3. The lowest BCUT2D eigenvalue weighted by Crippen LogP contribution is -2.52. The molecular formula is C17H18FN3O2. The zero-order chi connectivity index (χ0) is 16.4. The van der Waals surface area contributed by atoms with Crippen LogP contribution >= 0.6 is 0 Å². The first-order chi connectivity index (χ1) is 11.1. The standard InChI is InChI=1S/C17H18FN3O2/c1-11-10-12(18)6-7-15(11)21-9-3-5-14(17(21)23)20-16(22)13-4-2-8-19-13/h2,4,6-8,10,14,19H,3,5,9H2,1H3,(H,20,22)/t14-/m1/s1. The molecule has 2 amide bonds. The summed E-state index contributed by atoms with van der Waals surface area (Å²) in [6.07, 6.45) is 3.03. The maximum absolute atomic E-state index is 13.3. The normalized spacial score (nSPS) is 18.1. The monoisotopic (exact) mass is 315 g/mol. The Morgan fingerprint density at radius 1 is 1.39 bits per heavy atom. The second kappa shape index (κ2) is 6.24. The number of carbonyl (C=O) groups is 2. The van der Waals surface area contributed by atoms with Gasteiger partial charge in [-0.05, 0) is 55.7 Å². The van der Waals surface area contributed by atoms with Gasteiger partial charge in [-0.25, -0.2) is 4.39 Å². The second-order valence-corrected chi connectivity index (χ2v) is 5.67. The number of hydrogen-bond donors (Lipinski definition) is 2. The molecule has 1 aliphatic heterocycles. The molecule has 0 unspecified atom stereocenters. The van der Waals surface area contributed by atoms with Gasteiger partial charge >= 0.3 is 0 Å². The van der Waals surface area contributed by atoms with Gasteiger partial charge in [-0.2, -0.15) is 0 Å². The number of hydrogen-bond acceptors (Lipinski definition) is 2. The fourth-order valence-corrected chi connectivity index (χ4v) is 2.88. The summed E-state index contributed by atoms with van der Waals surface area (Å²) in [7, 11) is 0. The molecule has 3 rings (SSSR count). The molecule has 23 heavy (non-hydrogen) atoms. The number of aromatic nitrogens is 1. The van der Waals surface area contributed by atoms with Gasteiger partial charge in [-0.15, -0.1) is 0 Å². The number of nitrogens with one attached hydrogen (secondary N) is 2. The fourth-order valence-electron chi connectivity index (χ4n) is 2.88. The first kappa shape index (κ1) is 15.3. The molecule has 0 saturated carbocycles. The maximum Gasteiger partial charge on any atom is 0.268 e. The van der Waals surface area contributed by atoms with Crippen LogP contribution in [-0.4, -0.2) is 29.4 Å². The lowest BCUT2D eigenvalue weighted by atomic mass is 10.0. The molecule has 2 heterocycles.